The van der Waals surface area contributed by atoms with Crippen molar-refractivity contribution in [3.8, 4) is 0 Å². The van der Waals surface area contributed by atoms with E-state index in [1.165, 1.54) is 23.4 Å². The van der Waals surface area contributed by atoms with E-state index in [1.54, 1.807) is 6.92 Å². The first-order valence-corrected chi connectivity index (χ1v) is 5.05. The molecule has 1 aromatic rings. The van der Waals surface area contributed by atoms with Gasteiger partial charge in [-0.1, -0.05) is 29.5 Å². The van der Waals surface area contributed by atoms with E-state index in [0.717, 1.165) is 9.80 Å². The topological polar surface area (TPSA) is 37.3 Å². The Labute approximate surface area is 87.6 Å². The second-order valence-corrected chi connectivity index (χ2v) is 4.33. The van der Waals surface area contributed by atoms with E-state index in [9.17, 15) is 4.79 Å². The fraction of sp³-hybridized carbons (Fsp3) is 0.182. The highest BCUT2D eigenvalue weighted by atomic mass is 32.2. The van der Waals surface area contributed by atoms with Crippen molar-refractivity contribution in [3.05, 3.63) is 40.8 Å². The fourth-order valence-electron chi connectivity index (χ4n) is 0.996. The molecule has 0 heterocycles. The Kier molecular flexibility index (Phi) is 3.77. The minimum absolute atomic E-state index is 0.779. The van der Waals surface area contributed by atoms with Gasteiger partial charge in [0, 0.05) is 11.0 Å². The van der Waals surface area contributed by atoms with Crippen LogP contribution in [-0.2, 0) is 4.79 Å². The van der Waals surface area contributed by atoms with Gasteiger partial charge in [-0.3, -0.25) is 0 Å². The van der Waals surface area contributed by atoms with E-state index in [2.05, 4.69) is 0 Å². The van der Waals surface area contributed by atoms with Crippen LogP contribution < -0.4 is 0 Å². The predicted octanol–water partition coefficient (Wildman–Crippen LogP) is 3.08. The van der Waals surface area contributed by atoms with Crippen LogP contribution in [0, 0.1) is 6.92 Å². The summed E-state index contributed by atoms with van der Waals surface area (Å²) < 4.78 is 0. The van der Waals surface area contributed by atoms with Gasteiger partial charge >= 0.3 is 5.97 Å². The van der Waals surface area contributed by atoms with Gasteiger partial charge in [-0.2, -0.15) is 0 Å². The summed E-state index contributed by atoms with van der Waals surface area (Å²) in [5.41, 5.74) is 1.20. The van der Waals surface area contributed by atoms with Crippen molar-refractivity contribution in [2.45, 2.75) is 18.7 Å². The Morgan fingerprint density at radius 2 is 1.93 bits per heavy atom. The molecule has 2 nitrogen and oxygen atoms in total. The number of carboxylic acid groups (broad SMARTS) is 1. The lowest BCUT2D eigenvalue weighted by molar-refractivity contribution is -0.131. The van der Waals surface area contributed by atoms with Crippen LogP contribution in [0.2, 0.25) is 0 Å². The Hall–Kier alpha value is -1.22. The lowest BCUT2D eigenvalue weighted by Gasteiger charge is -2.00. The van der Waals surface area contributed by atoms with Crippen LogP contribution in [-0.4, -0.2) is 11.1 Å². The van der Waals surface area contributed by atoms with Crippen molar-refractivity contribution < 1.29 is 9.90 Å². The zero-order valence-electron chi connectivity index (χ0n) is 8.15. The molecule has 0 amide bonds. The van der Waals surface area contributed by atoms with E-state index in [4.69, 9.17) is 5.11 Å². The summed E-state index contributed by atoms with van der Waals surface area (Å²) in [4.78, 5) is 12.2. The Bertz CT molecular complexity index is 352. The van der Waals surface area contributed by atoms with Crippen LogP contribution in [0.5, 0.6) is 0 Å². The van der Waals surface area contributed by atoms with Crippen molar-refractivity contribution in [2.24, 2.45) is 0 Å². The molecule has 0 unspecified atom stereocenters. The molecule has 0 spiro atoms. The molecule has 1 N–H and O–H groups in total. The number of thioether (sulfide) groups is 1. The quantitative estimate of drug-likeness (QED) is 0.612. The molecule has 74 valence electrons. The zero-order valence-corrected chi connectivity index (χ0v) is 8.97. The summed E-state index contributed by atoms with van der Waals surface area (Å²) in [7, 11) is 0. The summed E-state index contributed by atoms with van der Waals surface area (Å²) in [5, 5.41) is 8.52. The standard InChI is InChI=1S/C11H12O2S/c1-8-3-5-10(6-4-8)14-9(2)7-11(12)13/h3-7H,1-2H3,(H,12,13)/b9-7+. The SMILES string of the molecule is C/C(=C\C(=O)O)Sc1ccc(C)cc1. The van der Waals surface area contributed by atoms with Gasteiger partial charge in [-0.15, -0.1) is 0 Å². The lowest BCUT2D eigenvalue weighted by Crippen LogP contribution is -1.87. The largest absolute Gasteiger partial charge is 0.478 e. The maximum atomic E-state index is 10.4. The van der Waals surface area contributed by atoms with Crippen molar-refractivity contribution in [3.63, 3.8) is 0 Å². The lowest BCUT2D eigenvalue weighted by atomic mass is 10.2. The molecule has 3 heteroatoms. The van der Waals surface area contributed by atoms with Gasteiger partial charge < -0.3 is 5.11 Å². The molecule has 14 heavy (non-hydrogen) atoms. The molecule has 0 aliphatic carbocycles. The van der Waals surface area contributed by atoms with Crippen LogP contribution in [0.15, 0.2) is 40.1 Å². The molecule has 0 radical (unpaired) electrons. The number of aliphatic carboxylic acids is 1. The Morgan fingerprint density at radius 1 is 1.36 bits per heavy atom. The highest BCUT2D eigenvalue weighted by molar-refractivity contribution is 8.03. The van der Waals surface area contributed by atoms with E-state index in [1.807, 2.05) is 31.2 Å². The van der Waals surface area contributed by atoms with Crippen molar-refractivity contribution in [2.75, 3.05) is 0 Å². The molecule has 0 aromatic heterocycles. The Balaban J connectivity index is 2.69. The van der Waals surface area contributed by atoms with Crippen LogP contribution in [0.25, 0.3) is 0 Å². The van der Waals surface area contributed by atoms with Crippen molar-refractivity contribution in [1.29, 1.82) is 0 Å². The average molecular weight is 208 g/mol. The predicted molar refractivity (Wildman–Crippen MR) is 58.4 cm³/mol. The molecule has 1 aromatic carbocycles. The van der Waals surface area contributed by atoms with Gasteiger partial charge in [0.15, 0.2) is 0 Å². The van der Waals surface area contributed by atoms with Crippen LogP contribution in [0.4, 0.5) is 0 Å². The van der Waals surface area contributed by atoms with E-state index in [0.29, 0.717) is 0 Å². The summed E-state index contributed by atoms with van der Waals surface area (Å²) >= 11 is 1.46. The molecule has 0 saturated heterocycles. The van der Waals surface area contributed by atoms with Gasteiger partial charge in [-0.05, 0) is 30.9 Å². The monoisotopic (exact) mass is 208 g/mol. The van der Waals surface area contributed by atoms with Gasteiger partial charge in [0.05, 0.1) is 0 Å². The third-order valence-electron chi connectivity index (χ3n) is 1.63. The second kappa shape index (κ2) is 4.86. The minimum atomic E-state index is -0.901. The van der Waals surface area contributed by atoms with Gasteiger partial charge in [-0.25, -0.2) is 4.79 Å². The number of aryl methyl sites for hydroxylation is 1. The van der Waals surface area contributed by atoms with Crippen LogP contribution in [0.3, 0.4) is 0 Å². The summed E-state index contributed by atoms with van der Waals surface area (Å²) in [6.45, 7) is 3.81. The normalized spacial score (nSPS) is 11.4. The smallest absolute Gasteiger partial charge is 0.329 e. The number of hydrogen-bond acceptors (Lipinski definition) is 2. The minimum Gasteiger partial charge on any atom is -0.478 e. The maximum Gasteiger partial charge on any atom is 0.329 e. The molecule has 0 aliphatic rings. The third kappa shape index (κ3) is 3.66. The molecule has 0 fully saturated rings. The van der Waals surface area contributed by atoms with E-state index < -0.39 is 5.97 Å². The highest BCUT2D eigenvalue weighted by Crippen LogP contribution is 2.25. The molecule has 0 atom stereocenters. The third-order valence-corrected chi connectivity index (χ3v) is 2.57. The molecule has 0 aliphatic heterocycles. The number of hydrogen-bond donors (Lipinski definition) is 1. The summed E-state index contributed by atoms with van der Waals surface area (Å²) in [5.74, 6) is -0.901. The van der Waals surface area contributed by atoms with Crippen molar-refractivity contribution >= 4 is 17.7 Å². The summed E-state index contributed by atoms with van der Waals surface area (Å²) in [6, 6.07) is 7.99. The number of allylic oxidation sites excluding steroid dienone is 1. The number of benzene rings is 1. The van der Waals surface area contributed by atoms with Gasteiger partial charge in [0.25, 0.3) is 0 Å². The second-order valence-electron chi connectivity index (χ2n) is 3.01. The zero-order chi connectivity index (χ0) is 10.6. The first kappa shape index (κ1) is 10.9. The van der Waals surface area contributed by atoms with Crippen LogP contribution >= 0.6 is 11.8 Å². The first-order valence-electron chi connectivity index (χ1n) is 4.23. The molecular formula is C11H12O2S. The fourth-order valence-corrected chi connectivity index (χ4v) is 1.80. The molecular weight excluding hydrogens is 196 g/mol. The summed E-state index contributed by atoms with van der Waals surface area (Å²) in [6.07, 6.45) is 1.21. The van der Waals surface area contributed by atoms with Crippen molar-refractivity contribution in [1.82, 2.24) is 0 Å². The number of rotatable bonds is 3. The Morgan fingerprint density at radius 3 is 2.43 bits per heavy atom. The molecule has 1 rings (SSSR count). The van der Waals surface area contributed by atoms with E-state index in [-0.39, 0.29) is 0 Å². The van der Waals surface area contributed by atoms with E-state index >= 15 is 0 Å². The average Bonchev–Trinajstić information content (AvgIpc) is 2.07. The molecule has 0 saturated carbocycles. The van der Waals surface area contributed by atoms with Gasteiger partial charge in [0.2, 0.25) is 0 Å². The van der Waals surface area contributed by atoms with Gasteiger partial charge in [0.1, 0.15) is 0 Å². The first-order chi connectivity index (χ1) is 6.58. The highest BCUT2D eigenvalue weighted by Gasteiger charge is 1.97. The van der Waals surface area contributed by atoms with Crippen LogP contribution in [0.1, 0.15) is 12.5 Å². The number of carbonyl (C=O) groups is 1. The number of carboxylic acids is 1. The molecule has 0 bridgehead atoms. The maximum absolute atomic E-state index is 10.4.